The van der Waals surface area contributed by atoms with E-state index in [-0.39, 0.29) is 43.7 Å². The zero-order valence-electron chi connectivity index (χ0n) is 23.5. The Morgan fingerprint density at radius 2 is 1.81 bits per heavy atom. The summed E-state index contributed by atoms with van der Waals surface area (Å²) in [5.74, 6) is -5.09. The van der Waals surface area contributed by atoms with Gasteiger partial charge >= 0.3 is 0 Å². The number of ether oxygens (including phenoxy) is 1. The lowest BCUT2D eigenvalue weighted by Gasteiger charge is -2.46. The third kappa shape index (κ3) is 6.85. The molecule has 0 bridgehead atoms. The van der Waals surface area contributed by atoms with Gasteiger partial charge in [0.1, 0.15) is 40.7 Å². The molecule has 1 amide bonds. The summed E-state index contributed by atoms with van der Waals surface area (Å²) in [6, 6.07) is 0.0606. The quantitative estimate of drug-likeness (QED) is 0.262. The van der Waals surface area contributed by atoms with E-state index in [4.69, 9.17) is 4.74 Å². The van der Waals surface area contributed by atoms with Crippen LogP contribution < -0.4 is 0 Å². The van der Waals surface area contributed by atoms with Gasteiger partial charge in [0.05, 0.1) is 24.7 Å². The number of piperidine rings is 1. The molecule has 1 aromatic carbocycles. The lowest BCUT2D eigenvalue weighted by Crippen LogP contribution is -2.59. The van der Waals surface area contributed by atoms with Gasteiger partial charge in [-0.15, -0.1) is 16.9 Å². The number of amides is 1. The van der Waals surface area contributed by atoms with E-state index in [2.05, 4.69) is 10.3 Å². The highest BCUT2D eigenvalue weighted by Crippen LogP contribution is 2.42. The van der Waals surface area contributed by atoms with Crippen molar-refractivity contribution in [3.63, 3.8) is 0 Å². The van der Waals surface area contributed by atoms with E-state index in [0.717, 1.165) is 28.9 Å². The van der Waals surface area contributed by atoms with Crippen molar-refractivity contribution < 1.29 is 51.5 Å². The Labute approximate surface area is 250 Å². The minimum atomic E-state index is -3.53. The summed E-state index contributed by atoms with van der Waals surface area (Å²) in [5.41, 5.74) is -3.31. The second-order valence-electron chi connectivity index (χ2n) is 10.7. The number of carbonyl (C=O) groups is 1. The Morgan fingerprint density at radius 3 is 2.35 bits per heavy atom. The highest BCUT2D eigenvalue weighted by Gasteiger charge is 2.52. The van der Waals surface area contributed by atoms with E-state index >= 15 is 0 Å². The first kappa shape index (κ1) is 33.6. The van der Waals surface area contributed by atoms with E-state index < -0.39 is 80.6 Å². The molecule has 240 valence electrons. The predicted octanol–water partition coefficient (Wildman–Crippen LogP) is -0.291. The van der Waals surface area contributed by atoms with Crippen LogP contribution in [0.3, 0.4) is 0 Å². The molecule has 2 aliphatic rings. The van der Waals surface area contributed by atoms with Crippen molar-refractivity contribution in [2.45, 2.75) is 60.4 Å². The Hall–Kier alpha value is -2.32. The fraction of sp³-hybridized carbons (Fsp3) is 0.640. The summed E-state index contributed by atoms with van der Waals surface area (Å²) < 4.78 is 73.1. The summed E-state index contributed by atoms with van der Waals surface area (Å²) in [7, 11) is -2.02. The molecule has 0 spiro atoms. The van der Waals surface area contributed by atoms with Crippen LogP contribution in [0.5, 0.6) is 0 Å². The Morgan fingerprint density at radius 1 is 1.21 bits per heavy atom. The van der Waals surface area contributed by atoms with Gasteiger partial charge in [-0.3, -0.25) is 4.79 Å². The second kappa shape index (κ2) is 13.0. The molecular weight excluding hydrogens is 619 g/mol. The third-order valence-electron chi connectivity index (χ3n) is 7.83. The number of carbonyl (C=O) groups excluding carboxylic acids is 1. The maximum absolute atomic E-state index is 13.8. The number of sulfonamides is 1. The van der Waals surface area contributed by atoms with E-state index in [9.17, 15) is 46.8 Å². The van der Waals surface area contributed by atoms with Gasteiger partial charge in [0.2, 0.25) is 15.9 Å². The van der Waals surface area contributed by atoms with Crippen molar-refractivity contribution in [3.8, 4) is 11.3 Å². The van der Waals surface area contributed by atoms with Crippen LogP contribution in [0.1, 0.15) is 25.8 Å². The number of thioether (sulfide) groups is 1. The van der Waals surface area contributed by atoms with Crippen LogP contribution in [0.15, 0.2) is 18.3 Å². The van der Waals surface area contributed by atoms with Crippen LogP contribution in [0.25, 0.3) is 11.3 Å². The van der Waals surface area contributed by atoms with Gasteiger partial charge in [-0.1, -0.05) is 5.21 Å². The predicted molar refractivity (Wildman–Crippen MR) is 147 cm³/mol. The number of halogens is 3. The molecule has 0 saturated carbocycles. The zero-order valence-corrected chi connectivity index (χ0v) is 25.2. The van der Waals surface area contributed by atoms with Crippen molar-refractivity contribution in [1.29, 1.82) is 0 Å². The third-order valence-corrected chi connectivity index (χ3v) is 10.7. The van der Waals surface area contributed by atoms with E-state index in [1.165, 1.54) is 16.3 Å². The van der Waals surface area contributed by atoms with Gasteiger partial charge in [-0.05, 0) is 31.9 Å². The molecule has 1 aromatic heterocycles. The molecule has 13 nitrogen and oxygen atoms in total. The summed E-state index contributed by atoms with van der Waals surface area (Å²) in [5, 5.41) is 50.4. The number of hydrogen-bond donors (Lipinski definition) is 4. The number of aromatic nitrogens is 3. The first-order valence-electron chi connectivity index (χ1n) is 13.4. The number of rotatable bonds is 9. The summed E-state index contributed by atoms with van der Waals surface area (Å²) in [6.07, 6.45) is -2.45. The molecule has 0 unspecified atom stereocenters. The number of aliphatic hydroxyl groups excluding tert-OH is 3. The highest BCUT2D eigenvalue weighted by atomic mass is 32.2. The zero-order chi connectivity index (χ0) is 31.9. The van der Waals surface area contributed by atoms with E-state index in [1.54, 1.807) is 6.92 Å². The first-order valence-corrected chi connectivity index (χ1v) is 16.2. The molecule has 43 heavy (non-hydrogen) atoms. The minimum Gasteiger partial charge on any atom is -0.394 e. The first-order chi connectivity index (χ1) is 20.1. The van der Waals surface area contributed by atoms with Crippen molar-refractivity contribution in [1.82, 2.24) is 24.2 Å². The average molecular weight is 654 g/mol. The summed E-state index contributed by atoms with van der Waals surface area (Å²) in [4.78, 5) is 14.9. The number of hydrogen-bond acceptors (Lipinski definition) is 11. The molecule has 0 aliphatic carbocycles. The molecule has 4 N–H and O–H groups in total. The van der Waals surface area contributed by atoms with E-state index in [0.29, 0.717) is 12.1 Å². The van der Waals surface area contributed by atoms with Crippen LogP contribution >= 0.6 is 11.8 Å². The summed E-state index contributed by atoms with van der Waals surface area (Å²) >= 11 is 0.762. The largest absolute Gasteiger partial charge is 0.394 e. The normalized spacial score (nSPS) is 27.2. The van der Waals surface area contributed by atoms with Gasteiger partial charge in [-0.25, -0.2) is 30.6 Å². The van der Waals surface area contributed by atoms with Crippen LogP contribution in [0, 0.1) is 17.5 Å². The topological polar surface area (TPSA) is 179 Å². The van der Waals surface area contributed by atoms with Gasteiger partial charge in [-0.2, -0.15) is 0 Å². The molecule has 3 heterocycles. The van der Waals surface area contributed by atoms with Crippen LogP contribution in [-0.2, 0) is 19.6 Å². The van der Waals surface area contributed by atoms with Gasteiger partial charge in [0, 0.05) is 32.2 Å². The van der Waals surface area contributed by atoms with Crippen molar-refractivity contribution >= 4 is 27.7 Å². The number of benzene rings is 1. The number of nitrogens with zero attached hydrogens (tertiary/aromatic N) is 5. The molecule has 0 radical (unpaired) electrons. The summed E-state index contributed by atoms with van der Waals surface area (Å²) in [6.45, 7) is 1.20. The molecular formula is C25H34F3N5O8S2. The fourth-order valence-electron chi connectivity index (χ4n) is 5.12. The highest BCUT2D eigenvalue weighted by molar-refractivity contribution is 8.01. The van der Waals surface area contributed by atoms with Crippen molar-refractivity contribution in [2.75, 3.05) is 39.5 Å². The smallest absolute Gasteiger partial charge is 0.238 e. The maximum atomic E-state index is 13.8. The van der Waals surface area contributed by atoms with E-state index in [1.807, 2.05) is 0 Å². The molecule has 6 atom stereocenters. The van der Waals surface area contributed by atoms with Crippen LogP contribution in [0.4, 0.5) is 13.2 Å². The minimum absolute atomic E-state index is 0.0451. The average Bonchev–Trinajstić information content (AvgIpc) is 3.44. The Bertz CT molecular complexity index is 1400. The lowest BCUT2D eigenvalue weighted by atomic mass is 9.88. The van der Waals surface area contributed by atoms with Gasteiger partial charge < -0.3 is 30.1 Å². The second-order valence-corrected chi connectivity index (χ2v) is 13.9. The number of aliphatic hydroxyl groups is 4. The van der Waals surface area contributed by atoms with Crippen molar-refractivity contribution in [2.24, 2.45) is 0 Å². The molecule has 2 aromatic rings. The van der Waals surface area contributed by atoms with Gasteiger partial charge in [0.25, 0.3) is 0 Å². The fourth-order valence-corrected chi connectivity index (χ4v) is 7.55. The monoisotopic (exact) mass is 653 g/mol. The molecule has 2 aliphatic heterocycles. The molecule has 4 rings (SSSR count). The Balaban J connectivity index is 1.64. The lowest BCUT2D eigenvalue weighted by molar-refractivity contribution is -0.179. The van der Waals surface area contributed by atoms with Crippen LogP contribution in [0.2, 0.25) is 0 Å². The molecule has 2 saturated heterocycles. The van der Waals surface area contributed by atoms with Gasteiger partial charge in [0.15, 0.2) is 17.5 Å². The molecule has 18 heteroatoms. The maximum Gasteiger partial charge on any atom is 0.238 e. The SMILES string of the molecule is CCN(C)C(=O)[C@H](S[C@@H]1O[C@H](CO)[C@H](O)[C@H](n2cc(-c3cc(F)c(F)c(F)c3)nn2)[C@H]1O)C1(O)CCN(S(C)(=O)=O)CC1. The molecule has 2 fully saturated rings. The van der Waals surface area contributed by atoms with Crippen molar-refractivity contribution in [3.05, 3.63) is 35.8 Å². The standard InChI is InChI=1S/C25H34F3N5O8S2/c1-4-31(2)23(37)22(25(38)5-7-32(8-6-25)43(3,39)40)42-24-21(36)19(20(35)17(12-34)41-24)33-11-16(29-30-33)13-9-14(26)18(28)15(27)10-13/h9-11,17,19-22,24,34-36,38H,4-8,12H2,1-3H3/t17-,19+,20+,21-,22+,24+/m1/s1. The Kier molecular flexibility index (Phi) is 10.1. The van der Waals surface area contributed by atoms with Crippen LogP contribution in [-0.4, -0.2) is 133 Å².